The summed E-state index contributed by atoms with van der Waals surface area (Å²) in [5.74, 6) is -0.270. The molecule has 0 bridgehead atoms. The highest BCUT2D eigenvalue weighted by molar-refractivity contribution is 6.32. The Kier molecular flexibility index (Phi) is 6.23. The Hall–Kier alpha value is -2.96. The second kappa shape index (κ2) is 8.82. The summed E-state index contributed by atoms with van der Waals surface area (Å²) >= 11 is 0. The van der Waals surface area contributed by atoms with Crippen LogP contribution in [-0.4, -0.2) is 37.4 Å². The highest BCUT2D eigenvalue weighted by atomic mass is 16.8. The van der Waals surface area contributed by atoms with E-state index in [4.69, 9.17) is 4.84 Å². The van der Waals surface area contributed by atoms with E-state index in [1.807, 2.05) is 54.5 Å². The van der Waals surface area contributed by atoms with Crippen LogP contribution in [-0.2, 0) is 14.5 Å². The van der Waals surface area contributed by atoms with Crippen molar-refractivity contribution in [2.24, 2.45) is 5.16 Å². The largest absolute Gasteiger partial charge is 0.399 e. The van der Waals surface area contributed by atoms with Gasteiger partial charge >= 0.3 is 0 Å². The Labute approximate surface area is 165 Å². The third-order valence-electron chi connectivity index (χ3n) is 4.82. The van der Waals surface area contributed by atoms with Gasteiger partial charge in [0.2, 0.25) is 0 Å². The highest BCUT2D eigenvalue weighted by Gasteiger charge is 2.44. The van der Waals surface area contributed by atoms with Gasteiger partial charge in [-0.1, -0.05) is 59.8 Å². The molecule has 3 atom stereocenters. The molecule has 1 aliphatic heterocycles. The molecule has 6 heteroatoms. The number of carbonyl (C=O) groups is 1. The van der Waals surface area contributed by atoms with E-state index in [9.17, 15) is 4.79 Å². The Bertz CT molecular complexity index is 880. The van der Waals surface area contributed by atoms with Gasteiger partial charge in [0.05, 0.1) is 11.7 Å². The summed E-state index contributed by atoms with van der Waals surface area (Å²) < 4.78 is 0. The van der Waals surface area contributed by atoms with E-state index in [2.05, 4.69) is 35.1 Å². The van der Waals surface area contributed by atoms with Crippen LogP contribution in [0.1, 0.15) is 31.2 Å². The predicted octanol–water partition coefficient (Wildman–Crippen LogP) is 4.02. The number of benzene rings is 2. The number of para-hydroxylation sites is 1. The van der Waals surface area contributed by atoms with E-state index in [1.165, 1.54) is 23.1 Å². The molecular formula is C22H25N3O3. The van der Waals surface area contributed by atoms with Gasteiger partial charge in [0.15, 0.2) is 6.23 Å². The molecule has 28 heavy (non-hydrogen) atoms. The van der Waals surface area contributed by atoms with E-state index in [0.717, 1.165) is 17.5 Å². The standard InChI is InChI=1S/C22H25N3O3/c1-5-18(17-11-7-6-8-12-17)16(2)25-22(28-25)19-13-9-10-14-20(19)24(3)21(26)15-23-27-4/h5-16,22H,1-4H3/b18-5?,23-15+. The first-order valence-corrected chi connectivity index (χ1v) is 9.18. The van der Waals surface area contributed by atoms with Gasteiger partial charge in [0, 0.05) is 12.6 Å². The summed E-state index contributed by atoms with van der Waals surface area (Å²) in [4.78, 5) is 24.3. The van der Waals surface area contributed by atoms with Crippen molar-refractivity contribution in [1.82, 2.24) is 5.06 Å². The van der Waals surface area contributed by atoms with Gasteiger partial charge in [0.1, 0.15) is 13.3 Å². The summed E-state index contributed by atoms with van der Waals surface area (Å²) in [6.45, 7) is 4.15. The zero-order valence-electron chi connectivity index (χ0n) is 16.6. The number of hydroxylamine groups is 2. The summed E-state index contributed by atoms with van der Waals surface area (Å²) in [7, 11) is 3.11. The average molecular weight is 379 g/mol. The van der Waals surface area contributed by atoms with Gasteiger partial charge in [-0.15, -0.1) is 5.06 Å². The number of anilines is 1. The molecule has 3 rings (SSSR count). The molecule has 146 valence electrons. The molecule has 0 aliphatic carbocycles. The molecule has 6 nitrogen and oxygen atoms in total. The summed E-state index contributed by atoms with van der Waals surface area (Å²) in [6, 6.07) is 18.0. The number of oxime groups is 1. The van der Waals surface area contributed by atoms with E-state index < -0.39 is 0 Å². The lowest BCUT2D eigenvalue weighted by Gasteiger charge is -2.19. The van der Waals surface area contributed by atoms with Crippen molar-refractivity contribution < 1.29 is 14.5 Å². The van der Waals surface area contributed by atoms with Crippen LogP contribution in [0.2, 0.25) is 0 Å². The lowest BCUT2D eigenvalue weighted by atomic mass is 9.99. The molecule has 3 unspecified atom stereocenters. The number of allylic oxidation sites excluding steroid dienone is 1. The molecule has 0 aromatic heterocycles. The third kappa shape index (κ3) is 4.13. The van der Waals surface area contributed by atoms with Crippen molar-refractivity contribution in [3.8, 4) is 0 Å². The molecule has 1 saturated heterocycles. The van der Waals surface area contributed by atoms with Crippen LogP contribution in [0.4, 0.5) is 5.69 Å². The number of nitrogens with zero attached hydrogens (tertiary/aromatic N) is 3. The molecule has 1 aliphatic rings. The Morgan fingerprint density at radius 3 is 2.57 bits per heavy atom. The number of hydrogen-bond donors (Lipinski definition) is 0. The van der Waals surface area contributed by atoms with Gasteiger partial charge in [0.25, 0.3) is 5.91 Å². The monoisotopic (exact) mass is 379 g/mol. The molecule has 1 fully saturated rings. The minimum absolute atomic E-state index is 0.0708. The van der Waals surface area contributed by atoms with Gasteiger partial charge in [-0.3, -0.25) is 9.63 Å². The normalized spacial score (nSPS) is 20.1. The number of carbonyl (C=O) groups excluding carboxylic acids is 1. The Balaban J connectivity index is 1.80. The van der Waals surface area contributed by atoms with Crippen LogP contribution in [0, 0.1) is 0 Å². The predicted molar refractivity (Wildman–Crippen MR) is 111 cm³/mol. The van der Waals surface area contributed by atoms with E-state index in [0.29, 0.717) is 0 Å². The first-order valence-electron chi connectivity index (χ1n) is 9.18. The smallest absolute Gasteiger partial charge is 0.272 e. The van der Waals surface area contributed by atoms with E-state index >= 15 is 0 Å². The molecule has 1 heterocycles. The minimum Gasteiger partial charge on any atom is -0.399 e. The molecular weight excluding hydrogens is 354 g/mol. The van der Waals surface area contributed by atoms with E-state index in [-0.39, 0.29) is 18.2 Å². The second-order valence-corrected chi connectivity index (χ2v) is 6.48. The van der Waals surface area contributed by atoms with Crippen LogP contribution in [0.15, 0.2) is 65.8 Å². The average Bonchev–Trinajstić information content (AvgIpc) is 3.53. The molecule has 0 N–H and O–H groups in total. The third-order valence-corrected chi connectivity index (χ3v) is 4.82. The molecule has 1 amide bonds. The van der Waals surface area contributed by atoms with Gasteiger partial charge in [-0.2, -0.15) is 0 Å². The molecule has 0 spiro atoms. The highest BCUT2D eigenvalue weighted by Crippen LogP contribution is 2.45. The zero-order valence-corrected chi connectivity index (χ0v) is 16.6. The fraction of sp³-hybridized carbons (Fsp3) is 0.273. The van der Waals surface area contributed by atoms with Crippen LogP contribution in [0.3, 0.4) is 0 Å². The Morgan fingerprint density at radius 2 is 1.89 bits per heavy atom. The minimum atomic E-state index is -0.270. The van der Waals surface area contributed by atoms with Crippen LogP contribution in [0.5, 0.6) is 0 Å². The number of hydrogen-bond acceptors (Lipinski definition) is 5. The van der Waals surface area contributed by atoms with Crippen molar-refractivity contribution in [3.05, 3.63) is 71.8 Å². The van der Waals surface area contributed by atoms with Gasteiger partial charge in [-0.25, -0.2) is 0 Å². The molecule has 2 aromatic rings. The van der Waals surface area contributed by atoms with Crippen molar-refractivity contribution in [2.45, 2.75) is 26.1 Å². The maximum Gasteiger partial charge on any atom is 0.272 e. The summed E-state index contributed by atoms with van der Waals surface area (Å²) in [5.41, 5.74) is 4.07. The first-order chi connectivity index (χ1) is 13.6. The quantitative estimate of drug-likeness (QED) is 0.414. The van der Waals surface area contributed by atoms with Gasteiger partial charge in [-0.05, 0) is 31.1 Å². The van der Waals surface area contributed by atoms with E-state index in [1.54, 1.807) is 7.05 Å². The number of amides is 1. The summed E-state index contributed by atoms with van der Waals surface area (Å²) in [5, 5.41) is 5.50. The molecule has 2 aromatic carbocycles. The van der Waals surface area contributed by atoms with Crippen LogP contribution < -0.4 is 4.90 Å². The topological polar surface area (TPSA) is 57.4 Å². The second-order valence-electron chi connectivity index (χ2n) is 6.48. The first kappa shape index (κ1) is 19.8. The van der Waals surface area contributed by atoms with Crippen LogP contribution >= 0.6 is 0 Å². The van der Waals surface area contributed by atoms with Crippen molar-refractivity contribution in [1.29, 1.82) is 0 Å². The van der Waals surface area contributed by atoms with Crippen molar-refractivity contribution in [2.75, 3.05) is 19.1 Å². The molecule has 0 radical (unpaired) electrons. The maximum absolute atomic E-state index is 12.3. The summed E-state index contributed by atoms with van der Waals surface area (Å²) in [6.07, 6.45) is 3.05. The number of rotatable bonds is 7. The van der Waals surface area contributed by atoms with Crippen molar-refractivity contribution >= 4 is 23.4 Å². The van der Waals surface area contributed by atoms with Crippen molar-refractivity contribution in [3.63, 3.8) is 0 Å². The zero-order chi connectivity index (χ0) is 20.1. The van der Waals surface area contributed by atoms with Gasteiger partial charge < -0.3 is 9.74 Å². The maximum atomic E-state index is 12.3. The SMILES string of the molecule is CC=C(c1ccccc1)C(C)N1OC1c1ccccc1N(C)C(=O)/C=N/OC. The Morgan fingerprint density at radius 1 is 1.21 bits per heavy atom. The molecule has 0 saturated carbocycles. The lowest BCUT2D eigenvalue weighted by molar-refractivity contribution is -0.112. The van der Waals surface area contributed by atoms with Crippen LogP contribution in [0.25, 0.3) is 5.57 Å². The fourth-order valence-corrected chi connectivity index (χ4v) is 3.30. The fourth-order valence-electron chi connectivity index (χ4n) is 3.30. The lowest BCUT2D eigenvalue weighted by Crippen LogP contribution is -2.28.